The maximum Gasteiger partial charge on any atom is 0.341 e. The number of benzene rings is 1. The van der Waals surface area contributed by atoms with Gasteiger partial charge in [0.15, 0.2) is 0 Å². The molecule has 1 aliphatic carbocycles. The highest BCUT2D eigenvalue weighted by Gasteiger charge is 2.39. The van der Waals surface area contributed by atoms with Gasteiger partial charge in [-0.25, -0.2) is 4.79 Å². The second-order valence-corrected chi connectivity index (χ2v) is 7.37. The van der Waals surface area contributed by atoms with Crippen molar-refractivity contribution in [2.75, 3.05) is 7.11 Å². The maximum absolute atomic E-state index is 12.4. The summed E-state index contributed by atoms with van der Waals surface area (Å²) in [6, 6.07) is 1.90. The van der Waals surface area contributed by atoms with Crippen molar-refractivity contribution in [1.29, 1.82) is 0 Å². The number of methoxy groups -OCH3 is 1. The van der Waals surface area contributed by atoms with Crippen molar-refractivity contribution in [3.05, 3.63) is 46.7 Å². The van der Waals surface area contributed by atoms with Crippen LogP contribution in [0.5, 0.6) is 11.5 Å². The molecule has 2 aliphatic rings. The minimum Gasteiger partial charge on any atom is -0.507 e. The molecule has 0 aromatic heterocycles. The third kappa shape index (κ3) is 3.25. The number of phenols is 1. The van der Waals surface area contributed by atoms with Crippen LogP contribution in [0, 0.1) is 5.92 Å². The Morgan fingerprint density at radius 1 is 1.42 bits per heavy atom. The molecule has 0 fully saturated rings. The third-order valence-electron chi connectivity index (χ3n) is 5.56. The fraction of sp³-hybridized carbons (Fsp3) is 0.500. The first kappa shape index (κ1) is 18.6. The molecule has 4 heteroatoms. The van der Waals surface area contributed by atoms with E-state index in [4.69, 9.17) is 9.47 Å². The van der Waals surface area contributed by atoms with E-state index in [0.717, 1.165) is 43.4 Å². The lowest BCUT2D eigenvalue weighted by Crippen LogP contribution is -2.26. The van der Waals surface area contributed by atoms with E-state index in [1.165, 1.54) is 12.7 Å². The molecule has 1 aromatic rings. The van der Waals surface area contributed by atoms with Crippen LogP contribution in [-0.2, 0) is 11.2 Å². The van der Waals surface area contributed by atoms with E-state index in [9.17, 15) is 9.90 Å². The summed E-state index contributed by atoms with van der Waals surface area (Å²) < 4.78 is 11.0. The van der Waals surface area contributed by atoms with Crippen molar-refractivity contribution in [2.45, 2.75) is 58.3 Å². The molecule has 0 saturated heterocycles. The Labute approximate surface area is 155 Å². The van der Waals surface area contributed by atoms with Gasteiger partial charge >= 0.3 is 5.97 Å². The average Bonchev–Trinajstić information content (AvgIpc) is 2.61. The third-order valence-corrected chi connectivity index (χ3v) is 5.56. The molecule has 0 bridgehead atoms. The van der Waals surface area contributed by atoms with Crippen molar-refractivity contribution in [3.8, 4) is 11.5 Å². The van der Waals surface area contributed by atoms with Crippen LogP contribution in [0.25, 0.3) is 0 Å². The van der Waals surface area contributed by atoms with Crippen LogP contribution in [-0.4, -0.2) is 18.2 Å². The fourth-order valence-corrected chi connectivity index (χ4v) is 4.14. The minimum atomic E-state index is -0.491. The number of allylic oxidation sites excluding steroid dienone is 3. The predicted octanol–water partition coefficient (Wildman–Crippen LogP) is 5.26. The normalized spacial score (nSPS) is 21.3. The lowest BCUT2D eigenvalue weighted by Gasteiger charge is -2.37. The molecule has 1 aromatic carbocycles. The number of rotatable bonds is 5. The standard InChI is InChI=1S/C22H28O4/c1-5-6-7-8-15-12-18-20(21(23)19(15)22(24)25-4)17-11-13(2)9-10-16(17)14(3)26-18/h11-12,16-17,23H,3,5-10H2,1-2,4H3. The van der Waals surface area contributed by atoms with Gasteiger partial charge in [-0.15, -0.1) is 0 Å². The second-order valence-electron chi connectivity index (χ2n) is 7.37. The lowest BCUT2D eigenvalue weighted by molar-refractivity contribution is 0.0595. The highest BCUT2D eigenvalue weighted by atomic mass is 16.5. The number of aromatic hydroxyl groups is 1. The van der Waals surface area contributed by atoms with Gasteiger partial charge in [-0.2, -0.15) is 0 Å². The summed E-state index contributed by atoms with van der Waals surface area (Å²) in [5.74, 6) is 1.01. The van der Waals surface area contributed by atoms with Crippen molar-refractivity contribution in [3.63, 3.8) is 0 Å². The SMILES string of the molecule is C=C1Oc2cc(CCCCC)c(C(=O)OC)c(O)c2C2C=C(C)CCC12. The number of carbonyl (C=O) groups excluding carboxylic acids is 1. The van der Waals surface area contributed by atoms with E-state index in [1.54, 1.807) is 0 Å². The highest BCUT2D eigenvalue weighted by molar-refractivity contribution is 5.95. The summed E-state index contributed by atoms with van der Waals surface area (Å²) >= 11 is 0. The summed E-state index contributed by atoms with van der Waals surface area (Å²) in [6.07, 6.45) is 7.93. The number of ether oxygens (including phenoxy) is 2. The molecule has 3 rings (SSSR count). The van der Waals surface area contributed by atoms with Gasteiger partial charge in [0.2, 0.25) is 0 Å². The second kappa shape index (κ2) is 7.56. The maximum atomic E-state index is 12.4. The first-order valence-electron chi connectivity index (χ1n) is 9.48. The smallest absolute Gasteiger partial charge is 0.341 e. The van der Waals surface area contributed by atoms with E-state index in [0.29, 0.717) is 17.7 Å². The largest absolute Gasteiger partial charge is 0.507 e. The topological polar surface area (TPSA) is 55.8 Å². The molecule has 0 amide bonds. The van der Waals surface area contributed by atoms with Gasteiger partial charge in [-0.1, -0.05) is 38.0 Å². The summed E-state index contributed by atoms with van der Waals surface area (Å²) in [4.78, 5) is 12.4. The van der Waals surface area contributed by atoms with Crippen LogP contribution in [0.1, 0.15) is 73.4 Å². The van der Waals surface area contributed by atoms with Crippen LogP contribution in [0.4, 0.5) is 0 Å². The Kier molecular flexibility index (Phi) is 5.40. The first-order valence-corrected chi connectivity index (χ1v) is 9.48. The number of fused-ring (bicyclic) bond motifs is 3. The van der Waals surface area contributed by atoms with Crippen molar-refractivity contribution in [2.24, 2.45) is 5.92 Å². The Morgan fingerprint density at radius 3 is 2.88 bits per heavy atom. The molecule has 4 nitrogen and oxygen atoms in total. The Morgan fingerprint density at radius 2 is 2.19 bits per heavy atom. The number of hydrogen-bond acceptors (Lipinski definition) is 4. The zero-order valence-electron chi connectivity index (χ0n) is 15.9. The van der Waals surface area contributed by atoms with Crippen LogP contribution >= 0.6 is 0 Å². The Bertz CT molecular complexity index is 760. The lowest BCUT2D eigenvalue weighted by atomic mass is 9.73. The van der Waals surface area contributed by atoms with Crippen LogP contribution in [0.15, 0.2) is 30.1 Å². The molecule has 140 valence electrons. The average molecular weight is 356 g/mol. The molecule has 0 spiro atoms. The van der Waals surface area contributed by atoms with Gasteiger partial charge in [0.25, 0.3) is 0 Å². The number of hydrogen-bond donors (Lipinski definition) is 1. The molecular weight excluding hydrogens is 328 g/mol. The zero-order chi connectivity index (χ0) is 18.8. The van der Waals surface area contributed by atoms with E-state index in [-0.39, 0.29) is 23.1 Å². The highest BCUT2D eigenvalue weighted by Crippen LogP contribution is 2.52. The quantitative estimate of drug-likeness (QED) is 0.444. The molecule has 1 N–H and O–H groups in total. The Balaban J connectivity index is 2.14. The van der Waals surface area contributed by atoms with Crippen LogP contribution < -0.4 is 4.74 Å². The van der Waals surface area contributed by atoms with Gasteiger partial charge in [-0.05, 0) is 44.2 Å². The molecule has 1 heterocycles. The summed E-state index contributed by atoms with van der Waals surface area (Å²) in [7, 11) is 1.35. The number of carbonyl (C=O) groups is 1. The molecule has 2 atom stereocenters. The van der Waals surface area contributed by atoms with Crippen molar-refractivity contribution in [1.82, 2.24) is 0 Å². The van der Waals surface area contributed by atoms with Crippen LogP contribution in [0.3, 0.4) is 0 Å². The molecule has 1 aliphatic heterocycles. The number of unbranched alkanes of at least 4 members (excludes halogenated alkanes) is 2. The first-order chi connectivity index (χ1) is 12.5. The van der Waals surface area contributed by atoms with Gasteiger partial charge < -0.3 is 14.6 Å². The monoisotopic (exact) mass is 356 g/mol. The van der Waals surface area contributed by atoms with E-state index >= 15 is 0 Å². The number of esters is 1. The van der Waals surface area contributed by atoms with E-state index in [2.05, 4.69) is 26.5 Å². The van der Waals surface area contributed by atoms with Crippen molar-refractivity contribution >= 4 is 5.97 Å². The van der Waals surface area contributed by atoms with Crippen molar-refractivity contribution < 1.29 is 19.4 Å². The predicted molar refractivity (Wildman–Crippen MR) is 102 cm³/mol. The molecule has 2 unspecified atom stereocenters. The van der Waals surface area contributed by atoms with Gasteiger partial charge in [0.1, 0.15) is 22.8 Å². The molecule has 0 saturated carbocycles. The zero-order valence-corrected chi connectivity index (χ0v) is 15.9. The molecule has 0 radical (unpaired) electrons. The number of aryl methyl sites for hydroxylation is 1. The number of phenolic OH excluding ortho intramolecular Hbond substituents is 1. The van der Waals surface area contributed by atoms with Gasteiger partial charge in [0.05, 0.1) is 7.11 Å². The summed E-state index contributed by atoms with van der Waals surface area (Å²) in [6.45, 7) is 8.34. The van der Waals surface area contributed by atoms with Gasteiger partial charge in [0, 0.05) is 17.4 Å². The minimum absolute atomic E-state index is 0.00639. The van der Waals surface area contributed by atoms with E-state index < -0.39 is 5.97 Å². The molecule has 26 heavy (non-hydrogen) atoms. The summed E-state index contributed by atoms with van der Waals surface area (Å²) in [5, 5.41) is 11.0. The summed E-state index contributed by atoms with van der Waals surface area (Å²) in [5.41, 5.74) is 3.05. The van der Waals surface area contributed by atoms with E-state index in [1.807, 2.05) is 6.07 Å². The fourth-order valence-electron chi connectivity index (χ4n) is 4.14. The Hall–Kier alpha value is -2.23. The molecular formula is C22H28O4. The van der Waals surface area contributed by atoms with Gasteiger partial charge in [-0.3, -0.25) is 0 Å². The van der Waals surface area contributed by atoms with Crippen LogP contribution in [0.2, 0.25) is 0 Å².